The summed E-state index contributed by atoms with van der Waals surface area (Å²) in [5.74, 6) is 0. The van der Waals surface area contributed by atoms with Crippen LogP contribution >= 0.6 is 38.6 Å². The van der Waals surface area contributed by atoms with E-state index in [1.807, 2.05) is 0 Å². The van der Waals surface area contributed by atoms with Crippen LogP contribution < -0.4 is 5.32 Å². The zero-order valence-corrected chi connectivity index (χ0v) is 14.0. The van der Waals surface area contributed by atoms with Crippen LogP contribution in [-0.2, 0) is 0 Å². The first-order chi connectivity index (χ1) is 8.61. The van der Waals surface area contributed by atoms with E-state index in [4.69, 9.17) is 4.98 Å². The first-order valence-corrected chi connectivity index (χ1v) is 8.55. The molecule has 0 radical (unpaired) electrons. The van der Waals surface area contributed by atoms with Crippen molar-refractivity contribution in [2.75, 3.05) is 6.54 Å². The minimum Gasteiger partial charge on any atom is -0.309 e. The van der Waals surface area contributed by atoms with Crippen LogP contribution in [0.3, 0.4) is 0 Å². The molecule has 0 spiro atoms. The van der Waals surface area contributed by atoms with Crippen LogP contribution in [0.5, 0.6) is 0 Å². The third-order valence-corrected chi connectivity index (χ3v) is 5.90. The van der Waals surface area contributed by atoms with Gasteiger partial charge in [-0.1, -0.05) is 6.92 Å². The van der Waals surface area contributed by atoms with Crippen LogP contribution in [0.4, 0.5) is 0 Å². The van der Waals surface area contributed by atoms with E-state index in [-0.39, 0.29) is 0 Å². The number of nitrogens with one attached hydrogen (secondary N) is 1. The number of aromatic nitrogens is 1. The van der Waals surface area contributed by atoms with Crippen molar-refractivity contribution in [3.63, 3.8) is 0 Å². The Morgan fingerprint density at radius 1 is 1.50 bits per heavy atom. The molecule has 0 fully saturated rings. The van der Waals surface area contributed by atoms with Crippen molar-refractivity contribution < 1.29 is 0 Å². The molecule has 2 nitrogen and oxygen atoms in total. The summed E-state index contributed by atoms with van der Waals surface area (Å²) in [6, 6.07) is 2.52. The highest BCUT2D eigenvalue weighted by Gasteiger charge is 2.15. The number of rotatable bonds is 5. The van der Waals surface area contributed by atoms with E-state index in [1.165, 1.54) is 9.75 Å². The van der Waals surface area contributed by atoms with Crippen LogP contribution in [0, 0.1) is 6.92 Å². The molecule has 0 saturated carbocycles. The Kier molecular flexibility index (Phi) is 4.95. The Balaban J connectivity index is 2.21. The van der Waals surface area contributed by atoms with Crippen LogP contribution in [0.15, 0.2) is 15.9 Å². The van der Waals surface area contributed by atoms with Gasteiger partial charge in [0.2, 0.25) is 0 Å². The van der Waals surface area contributed by atoms with Gasteiger partial charge in [-0.15, -0.1) is 22.7 Å². The number of halogens is 1. The van der Waals surface area contributed by atoms with E-state index < -0.39 is 0 Å². The molecule has 2 rings (SSSR count). The number of thiophene rings is 1. The van der Waals surface area contributed by atoms with E-state index in [1.54, 1.807) is 22.7 Å². The molecule has 0 aromatic carbocycles. The van der Waals surface area contributed by atoms with E-state index in [0.29, 0.717) is 6.04 Å². The van der Waals surface area contributed by atoms with Gasteiger partial charge >= 0.3 is 0 Å². The van der Waals surface area contributed by atoms with Crippen molar-refractivity contribution in [1.82, 2.24) is 10.3 Å². The lowest BCUT2D eigenvalue weighted by Crippen LogP contribution is -2.18. The van der Waals surface area contributed by atoms with E-state index in [9.17, 15) is 0 Å². The number of nitrogens with zero attached hydrogens (tertiary/aromatic N) is 1. The quantitative estimate of drug-likeness (QED) is 0.825. The summed E-state index contributed by atoms with van der Waals surface area (Å²) in [5.41, 5.74) is 1.15. The third kappa shape index (κ3) is 3.20. The van der Waals surface area contributed by atoms with Crippen molar-refractivity contribution in [2.45, 2.75) is 33.2 Å². The average molecular weight is 345 g/mol. The highest BCUT2D eigenvalue weighted by molar-refractivity contribution is 9.10. The maximum atomic E-state index is 4.69. The van der Waals surface area contributed by atoms with Crippen molar-refractivity contribution in [3.05, 3.63) is 26.5 Å². The van der Waals surface area contributed by atoms with Gasteiger partial charge in [0.05, 0.1) is 10.6 Å². The smallest absolute Gasteiger partial charge is 0.133 e. The zero-order valence-electron chi connectivity index (χ0n) is 10.8. The predicted molar refractivity (Wildman–Crippen MR) is 84.6 cm³/mol. The molecule has 2 heterocycles. The molecule has 2 aromatic heterocycles. The number of thiazole rings is 1. The van der Waals surface area contributed by atoms with Gasteiger partial charge in [-0.25, -0.2) is 4.98 Å². The topological polar surface area (TPSA) is 24.9 Å². The normalized spacial score (nSPS) is 12.9. The molecule has 1 unspecified atom stereocenters. The van der Waals surface area contributed by atoms with Crippen LogP contribution in [0.1, 0.15) is 36.9 Å². The number of hydrogen-bond acceptors (Lipinski definition) is 4. The fraction of sp³-hybridized carbons (Fsp3) is 0.462. The Bertz CT molecular complexity index is 519. The average Bonchev–Trinajstić information content (AvgIpc) is 2.92. The fourth-order valence-electron chi connectivity index (χ4n) is 1.79. The molecule has 0 saturated heterocycles. The maximum Gasteiger partial charge on any atom is 0.133 e. The van der Waals surface area contributed by atoms with Gasteiger partial charge in [0.15, 0.2) is 0 Å². The Morgan fingerprint density at radius 2 is 2.28 bits per heavy atom. The van der Waals surface area contributed by atoms with Crippen molar-refractivity contribution >= 4 is 38.6 Å². The first kappa shape index (κ1) is 14.2. The molecule has 98 valence electrons. The summed E-state index contributed by atoms with van der Waals surface area (Å²) in [6.45, 7) is 7.55. The largest absolute Gasteiger partial charge is 0.309 e. The molecule has 0 aliphatic rings. The summed E-state index contributed by atoms with van der Waals surface area (Å²) in [6.07, 6.45) is 1.16. The molecule has 2 aromatic rings. The number of aryl methyl sites for hydroxylation is 1. The van der Waals surface area contributed by atoms with Crippen molar-refractivity contribution in [3.8, 4) is 9.88 Å². The van der Waals surface area contributed by atoms with Gasteiger partial charge in [0.25, 0.3) is 0 Å². The molecule has 0 amide bonds. The number of hydrogen-bond donors (Lipinski definition) is 1. The highest BCUT2D eigenvalue weighted by Crippen LogP contribution is 2.36. The van der Waals surface area contributed by atoms with Crippen LogP contribution in [0.25, 0.3) is 9.88 Å². The summed E-state index contributed by atoms with van der Waals surface area (Å²) >= 11 is 7.03. The van der Waals surface area contributed by atoms with Gasteiger partial charge in [0.1, 0.15) is 5.01 Å². The molecule has 0 bridgehead atoms. The molecule has 1 atom stereocenters. The van der Waals surface area contributed by atoms with Crippen molar-refractivity contribution in [2.24, 2.45) is 0 Å². The molecule has 0 aliphatic carbocycles. The fourth-order valence-corrected chi connectivity index (χ4v) is 4.38. The summed E-state index contributed by atoms with van der Waals surface area (Å²) in [7, 11) is 0. The minimum atomic E-state index is 0.389. The van der Waals surface area contributed by atoms with E-state index >= 15 is 0 Å². The Labute approximate surface area is 125 Å². The van der Waals surface area contributed by atoms with Gasteiger partial charge in [-0.3, -0.25) is 0 Å². The Morgan fingerprint density at radius 3 is 2.89 bits per heavy atom. The molecule has 5 heteroatoms. The summed E-state index contributed by atoms with van der Waals surface area (Å²) in [5, 5.41) is 6.75. The predicted octanol–water partition coefficient (Wildman–Crippen LogP) is 5.00. The lowest BCUT2D eigenvalue weighted by Gasteiger charge is -2.11. The summed E-state index contributed by atoms with van der Waals surface area (Å²) in [4.78, 5) is 7.28. The van der Waals surface area contributed by atoms with E-state index in [0.717, 1.165) is 28.1 Å². The van der Waals surface area contributed by atoms with Gasteiger partial charge in [-0.05, 0) is 48.8 Å². The lowest BCUT2D eigenvalue weighted by atomic mass is 10.2. The lowest BCUT2D eigenvalue weighted by molar-refractivity contribution is 0.575. The minimum absolute atomic E-state index is 0.389. The van der Waals surface area contributed by atoms with Gasteiger partial charge < -0.3 is 5.32 Å². The first-order valence-electron chi connectivity index (χ1n) is 6.07. The third-order valence-electron chi connectivity index (χ3n) is 2.70. The molecule has 18 heavy (non-hydrogen) atoms. The van der Waals surface area contributed by atoms with Crippen LogP contribution in [0.2, 0.25) is 0 Å². The monoisotopic (exact) mass is 344 g/mol. The standard InChI is InChI=1S/C13H17BrN2S2/c1-4-5-15-8(2)12-9(3)16-13(18-12)11-6-10(14)7-17-11/h6-8,15H,4-5H2,1-3H3. The van der Waals surface area contributed by atoms with Crippen molar-refractivity contribution in [1.29, 1.82) is 0 Å². The maximum absolute atomic E-state index is 4.69. The van der Waals surface area contributed by atoms with E-state index in [2.05, 4.69) is 53.5 Å². The summed E-state index contributed by atoms with van der Waals surface area (Å²) < 4.78 is 1.13. The molecular formula is C13H17BrN2S2. The second-order valence-electron chi connectivity index (χ2n) is 4.27. The Hall–Kier alpha value is -0.230. The highest BCUT2D eigenvalue weighted by atomic mass is 79.9. The second-order valence-corrected chi connectivity index (χ2v) is 7.13. The molecule has 1 N–H and O–H groups in total. The van der Waals surface area contributed by atoms with Gasteiger partial charge in [0, 0.05) is 20.8 Å². The second kappa shape index (κ2) is 6.28. The molecular weight excluding hydrogens is 328 g/mol. The van der Waals surface area contributed by atoms with Crippen LogP contribution in [-0.4, -0.2) is 11.5 Å². The zero-order chi connectivity index (χ0) is 13.1. The van der Waals surface area contributed by atoms with Gasteiger partial charge in [-0.2, -0.15) is 0 Å². The SMILES string of the molecule is CCCNC(C)c1sc(-c2cc(Br)cs2)nc1C. The molecule has 0 aliphatic heterocycles.